The molecule has 1 unspecified atom stereocenters. The topological polar surface area (TPSA) is 75.4 Å². The van der Waals surface area contributed by atoms with Crippen LogP contribution in [-0.2, 0) is 4.79 Å². The molecule has 2 rings (SSSR count). The Balaban J connectivity index is 0.00000180. The number of halogens is 2. The van der Waals surface area contributed by atoms with Gasteiger partial charge in [0, 0.05) is 51.0 Å². The Hall–Kier alpha value is -1.11. The average molecular weight is 322 g/mol. The quantitative estimate of drug-likeness (QED) is 0.887. The van der Waals surface area contributed by atoms with Crippen molar-refractivity contribution in [2.75, 3.05) is 31.1 Å². The summed E-state index contributed by atoms with van der Waals surface area (Å²) in [5.41, 5.74) is 5.64. The highest BCUT2D eigenvalue weighted by molar-refractivity contribution is 5.85. The van der Waals surface area contributed by atoms with Crippen molar-refractivity contribution in [1.82, 2.24) is 14.9 Å². The molecule has 1 atom stereocenters. The fraction of sp³-hybridized carbons (Fsp3) is 0.583. The van der Waals surface area contributed by atoms with Crippen LogP contribution in [0, 0.1) is 0 Å². The van der Waals surface area contributed by atoms with Gasteiger partial charge in [-0.3, -0.25) is 4.79 Å². The minimum atomic E-state index is -0.0759. The minimum Gasteiger partial charge on any atom is -0.339 e. The fourth-order valence-corrected chi connectivity index (χ4v) is 2.01. The summed E-state index contributed by atoms with van der Waals surface area (Å²) < 4.78 is 0. The third kappa shape index (κ3) is 5.11. The van der Waals surface area contributed by atoms with Crippen LogP contribution in [0.15, 0.2) is 18.5 Å². The first-order valence-corrected chi connectivity index (χ1v) is 6.22. The highest BCUT2D eigenvalue weighted by Gasteiger charge is 2.22. The number of rotatable bonds is 3. The van der Waals surface area contributed by atoms with Crippen molar-refractivity contribution >= 4 is 36.7 Å². The van der Waals surface area contributed by atoms with Gasteiger partial charge in [-0.05, 0) is 13.0 Å². The van der Waals surface area contributed by atoms with Gasteiger partial charge in [-0.15, -0.1) is 24.8 Å². The van der Waals surface area contributed by atoms with E-state index in [0.29, 0.717) is 19.5 Å². The number of carbonyl (C=O) groups excluding carboxylic acids is 1. The molecule has 1 aromatic rings. The van der Waals surface area contributed by atoms with Gasteiger partial charge in [0.1, 0.15) is 0 Å². The third-order valence-electron chi connectivity index (χ3n) is 2.96. The van der Waals surface area contributed by atoms with E-state index in [4.69, 9.17) is 5.73 Å². The van der Waals surface area contributed by atoms with Gasteiger partial charge in [-0.25, -0.2) is 9.97 Å². The van der Waals surface area contributed by atoms with Crippen LogP contribution < -0.4 is 10.6 Å². The molecule has 1 aliphatic heterocycles. The number of nitrogens with zero attached hydrogens (tertiary/aromatic N) is 4. The highest BCUT2D eigenvalue weighted by atomic mass is 35.5. The van der Waals surface area contributed by atoms with E-state index in [-0.39, 0.29) is 36.8 Å². The predicted octanol–water partition coefficient (Wildman–Crippen LogP) is 0.706. The molecule has 2 heterocycles. The molecular formula is C12H21Cl2N5O. The molecular weight excluding hydrogens is 301 g/mol. The van der Waals surface area contributed by atoms with Crippen molar-refractivity contribution in [2.24, 2.45) is 5.73 Å². The standard InChI is InChI=1S/C12H19N5O.2ClH/c1-10(13)9-11(18)16-5-7-17(8-6-16)12-14-3-2-4-15-12;;/h2-4,10H,5-9,13H2,1H3;2*1H. The molecule has 2 N–H and O–H groups in total. The van der Waals surface area contributed by atoms with Gasteiger partial charge < -0.3 is 15.5 Å². The van der Waals surface area contributed by atoms with Crippen molar-refractivity contribution in [1.29, 1.82) is 0 Å². The maximum atomic E-state index is 11.8. The van der Waals surface area contributed by atoms with Crippen LogP contribution in [0.2, 0.25) is 0 Å². The van der Waals surface area contributed by atoms with Crippen molar-refractivity contribution < 1.29 is 4.79 Å². The number of hydrogen-bond acceptors (Lipinski definition) is 5. The van der Waals surface area contributed by atoms with E-state index in [0.717, 1.165) is 19.0 Å². The minimum absolute atomic E-state index is 0. The van der Waals surface area contributed by atoms with E-state index < -0.39 is 0 Å². The number of hydrogen-bond donors (Lipinski definition) is 1. The second kappa shape index (κ2) is 8.94. The lowest BCUT2D eigenvalue weighted by molar-refractivity contribution is -0.131. The first-order chi connectivity index (χ1) is 8.66. The molecule has 6 nitrogen and oxygen atoms in total. The normalized spacial score (nSPS) is 15.9. The summed E-state index contributed by atoms with van der Waals surface area (Å²) in [6.07, 6.45) is 3.88. The van der Waals surface area contributed by atoms with E-state index in [1.807, 2.05) is 11.8 Å². The van der Waals surface area contributed by atoms with Crippen molar-refractivity contribution in [3.05, 3.63) is 18.5 Å². The van der Waals surface area contributed by atoms with E-state index in [9.17, 15) is 4.79 Å². The Morgan fingerprint density at radius 3 is 2.30 bits per heavy atom. The fourth-order valence-electron chi connectivity index (χ4n) is 2.01. The third-order valence-corrected chi connectivity index (χ3v) is 2.96. The van der Waals surface area contributed by atoms with E-state index in [1.54, 1.807) is 18.5 Å². The molecule has 0 radical (unpaired) electrons. The number of amides is 1. The molecule has 0 bridgehead atoms. The summed E-state index contributed by atoms with van der Waals surface area (Å²) in [6, 6.07) is 1.72. The van der Waals surface area contributed by atoms with Crippen LogP contribution in [0.25, 0.3) is 0 Å². The van der Waals surface area contributed by atoms with Crippen LogP contribution in [0.4, 0.5) is 5.95 Å². The van der Waals surface area contributed by atoms with E-state index in [2.05, 4.69) is 14.9 Å². The molecule has 1 aromatic heterocycles. The summed E-state index contributed by atoms with van der Waals surface area (Å²) in [4.78, 5) is 24.2. The Kier molecular flexibility index (Phi) is 8.45. The van der Waals surface area contributed by atoms with Gasteiger partial charge in [-0.1, -0.05) is 0 Å². The lowest BCUT2D eigenvalue weighted by Gasteiger charge is -2.35. The van der Waals surface area contributed by atoms with Crippen molar-refractivity contribution in [2.45, 2.75) is 19.4 Å². The lowest BCUT2D eigenvalue weighted by Crippen LogP contribution is -2.50. The summed E-state index contributed by atoms with van der Waals surface area (Å²) in [6.45, 7) is 4.82. The average Bonchev–Trinajstić information content (AvgIpc) is 2.39. The summed E-state index contributed by atoms with van der Waals surface area (Å²) >= 11 is 0. The van der Waals surface area contributed by atoms with Gasteiger partial charge in [-0.2, -0.15) is 0 Å². The first-order valence-electron chi connectivity index (χ1n) is 6.22. The van der Waals surface area contributed by atoms with Crippen molar-refractivity contribution in [3.63, 3.8) is 0 Å². The van der Waals surface area contributed by atoms with E-state index in [1.165, 1.54) is 0 Å². The molecule has 1 fully saturated rings. The number of anilines is 1. The molecule has 0 aromatic carbocycles. The molecule has 1 amide bonds. The van der Waals surface area contributed by atoms with Crippen LogP contribution in [0.1, 0.15) is 13.3 Å². The maximum absolute atomic E-state index is 11.8. The highest BCUT2D eigenvalue weighted by Crippen LogP contribution is 2.10. The Bertz CT molecular complexity index is 396. The van der Waals surface area contributed by atoms with E-state index >= 15 is 0 Å². The molecule has 20 heavy (non-hydrogen) atoms. The number of carbonyl (C=O) groups is 1. The zero-order valence-electron chi connectivity index (χ0n) is 11.4. The molecule has 0 aliphatic carbocycles. The van der Waals surface area contributed by atoms with Gasteiger partial charge in [0.25, 0.3) is 0 Å². The molecule has 114 valence electrons. The SMILES string of the molecule is CC(N)CC(=O)N1CCN(c2ncccn2)CC1.Cl.Cl. The molecule has 1 aliphatic rings. The second-order valence-electron chi connectivity index (χ2n) is 4.60. The van der Waals surface area contributed by atoms with Crippen LogP contribution in [0.5, 0.6) is 0 Å². The zero-order chi connectivity index (χ0) is 13.0. The zero-order valence-corrected chi connectivity index (χ0v) is 13.1. The lowest BCUT2D eigenvalue weighted by atomic mass is 10.2. The predicted molar refractivity (Wildman–Crippen MR) is 83.6 cm³/mol. The van der Waals surface area contributed by atoms with Gasteiger partial charge >= 0.3 is 0 Å². The molecule has 8 heteroatoms. The summed E-state index contributed by atoms with van der Waals surface area (Å²) in [7, 11) is 0. The molecule has 1 saturated heterocycles. The number of nitrogens with two attached hydrogens (primary N) is 1. The summed E-state index contributed by atoms with van der Waals surface area (Å²) in [5, 5.41) is 0. The largest absolute Gasteiger partial charge is 0.339 e. The smallest absolute Gasteiger partial charge is 0.225 e. The maximum Gasteiger partial charge on any atom is 0.225 e. The first kappa shape index (κ1) is 18.9. The van der Waals surface area contributed by atoms with Crippen LogP contribution >= 0.6 is 24.8 Å². The Labute approximate surface area is 131 Å². The van der Waals surface area contributed by atoms with Crippen LogP contribution in [0.3, 0.4) is 0 Å². The van der Waals surface area contributed by atoms with Crippen molar-refractivity contribution in [3.8, 4) is 0 Å². The van der Waals surface area contributed by atoms with Crippen LogP contribution in [-0.4, -0.2) is 53.0 Å². The van der Waals surface area contributed by atoms with Gasteiger partial charge in [0.15, 0.2) is 0 Å². The molecule has 0 saturated carbocycles. The Morgan fingerprint density at radius 2 is 1.80 bits per heavy atom. The van der Waals surface area contributed by atoms with Gasteiger partial charge in [0.2, 0.25) is 11.9 Å². The monoisotopic (exact) mass is 321 g/mol. The summed E-state index contributed by atoms with van der Waals surface area (Å²) in [5.74, 6) is 0.871. The number of piperazine rings is 1. The molecule has 0 spiro atoms. The Morgan fingerprint density at radius 1 is 1.25 bits per heavy atom. The number of aromatic nitrogens is 2. The van der Waals surface area contributed by atoms with Gasteiger partial charge in [0.05, 0.1) is 0 Å². The second-order valence-corrected chi connectivity index (χ2v) is 4.60.